The van der Waals surface area contributed by atoms with Crippen LogP contribution in [0.5, 0.6) is 0 Å². The predicted octanol–water partition coefficient (Wildman–Crippen LogP) is 3.38. The Kier molecular flexibility index (Phi) is 5.90. The van der Waals surface area contributed by atoms with Crippen molar-refractivity contribution >= 4 is 45.8 Å². The third-order valence-electron chi connectivity index (χ3n) is 2.36. The molecule has 4 N–H and O–H groups in total. The zero-order valence-electron chi connectivity index (χ0n) is 11.0. The van der Waals surface area contributed by atoms with Gasteiger partial charge in [-0.3, -0.25) is 0 Å². The molecule has 8 heteroatoms. The van der Waals surface area contributed by atoms with Crippen LogP contribution in [0.2, 0.25) is 5.02 Å². The fraction of sp³-hybridized carbons (Fsp3) is 0.333. The quantitative estimate of drug-likeness (QED) is 0.534. The fourth-order valence-electron chi connectivity index (χ4n) is 1.42. The van der Waals surface area contributed by atoms with E-state index in [2.05, 4.69) is 20.0 Å². The molecule has 20 heavy (non-hydrogen) atoms. The summed E-state index contributed by atoms with van der Waals surface area (Å²) >= 11 is 9.19. The van der Waals surface area contributed by atoms with Crippen molar-refractivity contribution in [1.29, 1.82) is 0 Å². The molecule has 0 fully saturated rings. The molecule has 2 aromatic heterocycles. The van der Waals surface area contributed by atoms with E-state index in [-0.39, 0.29) is 0 Å². The number of pyridine rings is 1. The van der Waals surface area contributed by atoms with Crippen LogP contribution in [0.4, 0.5) is 10.9 Å². The first-order valence-electron chi connectivity index (χ1n) is 6.13. The second-order valence-corrected chi connectivity index (χ2v) is 6.21. The summed E-state index contributed by atoms with van der Waals surface area (Å²) in [5.41, 5.74) is 6.45. The van der Waals surface area contributed by atoms with Crippen molar-refractivity contribution in [2.45, 2.75) is 18.2 Å². The van der Waals surface area contributed by atoms with Crippen molar-refractivity contribution in [3.05, 3.63) is 28.4 Å². The molecule has 2 rings (SSSR count). The van der Waals surface area contributed by atoms with E-state index in [0.717, 1.165) is 28.7 Å². The molecule has 0 aliphatic heterocycles. The Bertz CT molecular complexity index is 561. The lowest BCUT2D eigenvalue weighted by Gasteiger charge is -2.08. The molecule has 0 amide bonds. The van der Waals surface area contributed by atoms with Gasteiger partial charge in [-0.2, -0.15) is 0 Å². The molecular formula is C12H16ClN5S2. The molecule has 0 saturated carbocycles. The van der Waals surface area contributed by atoms with Crippen molar-refractivity contribution in [3.8, 4) is 0 Å². The maximum atomic E-state index is 6.18. The summed E-state index contributed by atoms with van der Waals surface area (Å²) in [5, 5.41) is 6.62. The van der Waals surface area contributed by atoms with Crippen LogP contribution in [-0.4, -0.2) is 23.1 Å². The molecule has 0 radical (unpaired) electrons. The van der Waals surface area contributed by atoms with Gasteiger partial charge in [-0.05, 0) is 37.9 Å². The number of aryl methyl sites for hydroxylation is 1. The molecule has 108 valence electrons. The number of hydrogen-bond acceptors (Lipinski definition) is 7. The second kappa shape index (κ2) is 7.68. The first-order valence-corrected chi connectivity index (χ1v) is 8.21. The lowest BCUT2D eigenvalue weighted by atomic mass is 10.4. The predicted molar refractivity (Wildman–Crippen MR) is 87.7 cm³/mol. The monoisotopic (exact) mass is 329 g/mol. The molecule has 0 spiro atoms. The van der Waals surface area contributed by atoms with Crippen LogP contribution in [0.1, 0.15) is 12.1 Å². The van der Waals surface area contributed by atoms with E-state index >= 15 is 0 Å². The number of aromatic nitrogens is 2. The van der Waals surface area contributed by atoms with E-state index in [0.29, 0.717) is 17.4 Å². The molecule has 0 saturated heterocycles. The molecule has 0 bridgehead atoms. The van der Waals surface area contributed by atoms with Gasteiger partial charge in [0.15, 0.2) is 5.13 Å². The van der Waals surface area contributed by atoms with Gasteiger partial charge in [0.1, 0.15) is 5.82 Å². The standard InChI is InChI=1S/C12H16ClN5S2/c1-8-7-19-12(17-8)18-20-9-5-10(13)11(16-6-9)15-4-2-3-14/h5-7H,2-4,14H2,1H3,(H,15,16)(H,17,18). The van der Waals surface area contributed by atoms with Gasteiger partial charge in [-0.1, -0.05) is 11.6 Å². The molecule has 2 heterocycles. The lowest BCUT2D eigenvalue weighted by molar-refractivity contribution is 0.869. The fourth-order valence-corrected chi connectivity index (χ4v) is 3.10. The zero-order valence-corrected chi connectivity index (χ0v) is 13.4. The van der Waals surface area contributed by atoms with Crippen molar-refractivity contribution in [2.24, 2.45) is 5.73 Å². The van der Waals surface area contributed by atoms with Crippen molar-refractivity contribution in [1.82, 2.24) is 9.97 Å². The highest BCUT2D eigenvalue weighted by molar-refractivity contribution is 8.00. The minimum atomic E-state index is 0.601. The number of nitrogens with two attached hydrogens (primary N) is 1. The van der Waals surface area contributed by atoms with E-state index in [1.165, 1.54) is 11.9 Å². The highest BCUT2D eigenvalue weighted by atomic mass is 35.5. The number of nitrogens with one attached hydrogen (secondary N) is 2. The Labute approximate surface area is 131 Å². The van der Waals surface area contributed by atoms with Gasteiger partial charge >= 0.3 is 0 Å². The highest BCUT2D eigenvalue weighted by Crippen LogP contribution is 2.28. The second-order valence-electron chi connectivity index (χ2n) is 4.07. The minimum Gasteiger partial charge on any atom is -0.369 e. The molecule has 0 atom stereocenters. The summed E-state index contributed by atoms with van der Waals surface area (Å²) in [5.74, 6) is 0.689. The summed E-state index contributed by atoms with van der Waals surface area (Å²) in [6.07, 6.45) is 2.66. The Morgan fingerprint density at radius 1 is 1.50 bits per heavy atom. The first-order chi connectivity index (χ1) is 9.69. The largest absolute Gasteiger partial charge is 0.369 e. The Hall–Kier alpha value is -1.02. The first kappa shape index (κ1) is 15.4. The van der Waals surface area contributed by atoms with Crippen molar-refractivity contribution in [2.75, 3.05) is 23.1 Å². The number of rotatable bonds is 7. The van der Waals surface area contributed by atoms with E-state index in [9.17, 15) is 0 Å². The van der Waals surface area contributed by atoms with E-state index < -0.39 is 0 Å². The molecule has 0 aliphatic rings. The molecule has 0 aromatic carbocycles. The topological polar surface area (TPSA) is 75.9 Å². The summed E-state index contributed by atoms with van der Waals surface area (Å²) in [6.45, 7) is 3.38. The number of thiazole rings is 1. The maximum absolute atomic E-state index is 6.18. The summed E-state index contributed by atoms with van der Waals surface area (Å²) in [7, 11) is 0. The van der Waals surface area contributed by atoms with Crippen LogP contribution in [0, 0.1) is 6.92 Å². The van der Waals surface area contributed by atoms with E-state index in [4.69, 9.17) is 17.3 Å². The van der Waals surface area contributed by atoms with E-state index in [1.807, 2.05) is 18.4 Å². The van der Waals surface area contributed by atoms with Crippen molar-refractivity contribution < 1.29 is 0 Å². The van der Waals surface area contributed by atoms with Gasteiger partial charge in [0.05, 0.1) is 10.7 Å². The van der Waals surface area contributed by atoms with Crippen LogP contribution in [0.15, 0.2) is 22.5 Å². The molecular weight excluding hydrogens is 314 g/mol. The van der Waals surface area contributed by atoms with Gasteiger partial charge in [-0.15, -0.1) is 11.3 Å². The van der Waals surface area contributed by atoms with Crippen LogP contribution in [0.3, 0.4) is 0 Å². The number of halogens is 1. The minimum absolute atomic E-state index is 0.601. The summed E-state index contributed by atoms with van der Waals surface area (Å²) < 4.78 is 3.17. The van der Waals surface area contributed by atoms with Crippen LogP contribution in [0.25, 0.3) is 0 Å². The Morgan fingerprint density at radius 3 is 3.00 bits per heavy atom. The van der Waals surface area contributed by atoms with Crippen LogP contribution >= 0.6 is 34.9 Å². The molecule has 5 nitrogen and oxygen atoms in total. The van der Waals surface area contributed by atoms with Gasteiger partial charge in [-0.25, -0.2) is 9.97 Å². The third-order valence-corrected chi connectivity index (χ3v) is 4.41. The lowest BCUT2D eigenvalue weighted by Crippen LogP contribution is -2.09. The molecule has 0 aliphatic carbocycles. The summed E-state index contributed by atoms with van der Waals surface area (Å²) in [4.78, 5) is 9.57. The van der Waals surface area contributed by atoms with Gasteiger partial charge in [0.25, 0.3) is 0 Å². The summed E-state index contributed by atoms with van der Waals surface area (Å²) in [6, 6.07) is 1.87. The number of nitrogens with zero attached hydrogens (tertiary/aromatic N) is 2. The average Bonchev–Trinajstić information content (AvgIpc) is 2.85. The van der Waals surface area contributed by atoms with Gasteiger partial charge in [0.2, 0.25) is 0 Å². The third kappa shape index (κ3) is 4.52. The number of hydrogen-bond donors (Lipinski definition) is 3. The van der Waals surface area contributed by atoms with Crippen LogP contribution in [-0.2, 0) is 0 Å². The maximum Gasteiger partial charge on any atom is 0.193 e. The smallest absolute Gasteiger partial charge is 0.193 e. The Balaban J connectivity index is 1.91. The normalized spacial score (nSPS) is 10.6. The number of anilines is 2. The van der Waals surface area contributed by atoms with Crippen molar-refractivity contribution in [3.63, 3.8) is 0 Å². The van der Waals surface area contributed by atoms with E-state index in [1.54, 1.807) is 17.5 Å². The highest BCUT2D eigenvalue weighted by Gasteiger charge is 2.05. The van der Waals surface area contributed by atoms with Gasteiger partial charge < -0.3 is 15.8 Å². The zero-order chi connectivity index (χ0) is 14.4. The Morgan fingerprint density at radius 2 is 2.35 bits per heavy atom. The molecule has 2 aromatic rings. The SMILES string of the molecule is Cc1csc(NSc2cnc(NCCCN)c(Cl)c2)n1. The van der Waals surface area contributed by atoms with Gasteiger partial charge in [0, 0.05) is 23.0 Å². The average molecular weight is 330 g/mol. The van der Waals surface area contributed by atoms with Crippen LogP contribution < -0.4 is 15.8 Å². The molecule has 0 unspecified atom stereocenters.